The summed E-state index contributed by atoms with van der Waals surface area (Å²) in [7, 11) is 0. The van der Waals surface area contributed by atoms with Gasteiger partial charge in [0, 0.05) is 5.56 Å². The zero-order valence-electron chi connectivity index (χ0n) is 7.84. The average molecular weight is 197 g/mol. The van der Waals surface area contributed by atoms with E-state index < -0.39 is 17.1 Å². The van der Waals surface area contributed by atoms with E-state index in [1.807, 2.05) is 0 Å². The third-order valence-corrected chi connectivity index (χ3v) is 2.54. The molecule has 1 aromatic carbocycles. The number of hydrogen-bond donors (Lipinski definition) is 0. The molecule has 0 aromatic heterocycles. The van der Waals surface area contributed by atoms with Gasteiger partial charge in [0.25, 0.3) is 5.91 Å². The highest BCUT2D eigenvalue weighted by atomic mass is 19.2. The quantitative estimate of drug-likeness (QED) is 0.584. The van der Waals surface area contributed by atoms with Crippen LogP contribution in [0.1, 0.15) is 19.4 Å². The lowest BCUT2D eigenvalue weighted by Crippen LogP contribution is -2.31. The van der Waals surface area contributed by atoms with Crippen LogP contribution >= 0.6 is 0 Å². The van der Waals surface area contributed by atoms with Gasteiger partial charge in [-0.1, -0.05) is 10.5 Å². The maximum absolute atomic E-state index is 13.4. The number of anilines is 1. The molecule has 1 amide bonds. The van der Waals surface area contributed by atoms with Crippen molar-refractivity contribution in [1.29, 1.82) is 0 Å². The molecule has 1 aromatic rings. The smallest absolute Gasteiger partial charge is 0.265 e. The Balaban J connectivity index is 2.75. The van der Waals surface area contributed by atoms with Gasteiger partial charge in [0.1, 0.15) is 5.82 Å². The van der Waals surface area contributed by atoms with Crippen LogP contribution in [-0.4, -0.2) is 5.91 Å². The first-order valence-electron chi connectivity index (χ1n) is 4.25. The molecule has 0 saturated heterocycles. The van der Waals surface area contributed by atoms with Crippen LogP contribution in [0.5, 0.6) is 0 Å². The van der Waals surface area contributed by atoms with E-state index >= 15 is 0 Å². The number of hydrogen-bond acceptors (Lipinski definition) is 1. The van der Waals surface area contributed by atoms with E-state index in [-0.39, 0.29) is 16.4 Å². The van der Waals surface area contributed by atoms with Crippen molar-refractivity contribution >= 4 is 11.6 Å². The lowest BCUT2D eigenvalue weighted by molar-refractivity contribution is -0.124. The Bertz CT molecular complexity index is 415. The summed E-state index contributed by atoms with van der Waals surface area (Å²) in [4.78, 5) is 11.4. The molecule has 4 heteroatoms. The molecule has 2 nitrogen and oxygen atoms in total. The molecular formula is C10H9F2NO. The molecule has 1 aliphatic heterocycles. The minimum Gasteiger partial charge on any atom is -0.271 e. The Morgan fingerprint density at radius 3 is 2.57 bits per heavy atom. The second kappa shape index (κ2) is 2.53. The minimum absolute atomic E-state index is 0.0123. The number of amides is 1. The van der Waals surface area contributed by atoms with Crippen molar-refractivity contribution < 1.29 is 13.7 Å². The molecule has 0 radical (unpaired) electrons. The predicted molar refractivity (Wildman–Crippen MR) is 48.0 cm³/mol. The fourth-order valence-corrected chi connectivity index (χ4v) is 1.76. The SMILES string of the molecule is CC1(C)C(=O)N(F)c2cccc(F)c21. The summed E-state index contributed by atoms with van der Waals surface area (Å²) >= 11 is 0. The Kier molecular flexibility index (Phi) is 1.65. The van der Waals surface area contributed by atoms with Crippen molar-refractivity contribution in [3.63, 3.8) is 0 Å². The fraction of sp³-hybridized carbons (Fsp3) is 0.300. The van der Waals surface area contributed by atoms with E-state index in [4.69, 9.17) is 0 Å². The summed E-state index contributed by atoms with van der Waals surface area (Å²) in [6, 6.07) is 4.01. The highest BCUT2D eigenvalue weighted by molar-refractivity contribution is 6.05. The van der Waals surface area contributed by atoms with Crippen LogP contribution < -0.4 is 5.12 Å². The standard InChI is InChI=1S/C10H9F2NO/c1-10(2)8-6(11)4-3-5-7(8)13(12)9(10)14/h3-5H,1-2H3. The van der Waals surface area contributed by atoms with Gasteiger partial charge >= 0.3 is 0 Å². The Morgan fingerprint density at radius 1 is 1.36 bits per heavy atom. The third kappa shape index (κ3) is 0.908. The average Bonchev–Trinajstić information content (AvgIpc) is 2.29. The molecule has 0 bridgehead atoms. The summed E-state index contributed by atoms with van der Waals surface area (Å²) < 4.78 is 26.7. The third-order valence-electron chi connectivity index (χ3n) is 2.54. The molecule has 0 unspecified atom stereocenters. The van der Waals surface area contributed by atoms with Crippen LogP contribution in [-0.2, 0) is 10.2 Å². The second-order valence-electron chi connectivity index (χ2n) is 3.84. The monoisotopic (exact) mass is 197 g/mol. The zero-order chi connectivity index (χ0) is 10.5. The van der Waals surface area contributed by atoms with E-state index in [2.05, 4.69) is 0 Å². The zero-order valence-corrected chi connectivity index (χ0v) is 7.84. The van der Waals surface area contributed by atoms with Gasteiger partial charge in [-0.25, -0.2) is 4.39 Å². The van der Waals surface area contributed by atoms with Crippen LogP contribution in [0.2, 0.25) is 0 Å². The van der Waals surface area contributed by atoms with Crippen molar-refractivity contribution in [2.45, 2.75) is 19.3 Å². The second-order valence-corrected chi connectivity index (χ2v) is 3.84. The minimum atomic E-state index is -1.12. The molecule has 0 atom stereocenters. The first-order chi connectivity index (χ1) is 6.46. The normalized spacial score (nSPS) is 18.6. The number of benzene rings is 1. The van der Waals surface area contributed by atoms with Gasteiger partial charge in [-0.3, -0.25) is 4.79 Å². The Labute approximate surface area is 80.1 Å². The predicted octanol–water partition coefficient (Wildman–Crippen LogP) is 2.33. The van der Waals surface area contributed by atoms with Gasteiger partial charge in [-0.2, -0.15) is 0 Å². The highest BCUT2D eigenvalue weighted by Crippen LogP contribution is 2.42. The molecule has 0 saturated carbocycles. The number of carbonyl (C=O) groups is 1. The van der Waals surface area contributed by atoms with Gasteiger partial charge in [-0.05, 0) is 26.0 Å². The van der Waals surface area contributed by atoms with Gasteiger partial charge in [0.2, 0.25) is 0 Å². The summed E-state index contributed by atoms with van der Waals surface area (Å²) in [5, 5.41) is 0.0123. The van der Waals surface area contributed by atoms with Crippen molar-refractivity contribution in [2.75, 3.05) is 5.12 Å². The number of carbonyl (C=O) groups excluding carboxylic acids is 1. The number of nitrogens with zero attached hydrogens (tertiary/aromatic N) is 1. The van der Waals surface area contributed by atoms with Gasteiger partial charge < -0.3 is 0 Å². The molecular weight excluding hydrogens is 188 g/mol. The van der Waals surface area contributed by atoms with Crippen LogP contribution in [0.3, 0.4) is 0 Å². The largest absolute Gasteiger partial charge is 0.271 e. The van der Waals surface area contributed by atoms with Crippen LogP contribution in [0, 0.1) is 5.82 Å². The Morgan fingerprint density at radius 2 is 2.00 bits per heavy atom. The molecule has 2 rings (SSSR count). The van der Waals surface area contributed by atoms with E-state index in [0.717, 1.165) is 0 Å². The van der Waals surface area contributed by atoms with Crippen molar-refractivity contribution in [3.8, 4) is 0 Å². The molecule has 0 N–H and O–H groups in total. The van der Waals surface area contributed by atoms with Crippen molar-refractivity contribution in [3.05, 3.63) is 29.6 Å². The van der Waals surface area contributed by atoms with Crippen LogP contribution in [0.15, 0.2) is 18.2 Å². The van der Waals surface area contributed by atoms with Gasteiger partial charge in [0.15, 0.2) is 0 Å². The molecule has 1 aliphatic rings. The van der Waals surface area contributed by atoms with E-state index in [1.165, 1.54) is 32.0 Å². The summed E-state index contributed by atoms with van der Waals surface area (Å²) in [6.45, 7) is 3.02. The molecule has 14 heavy (non-hydrogen) atoms. The Hall–Kier alpha value is -1.45. The highest BCUT2D eigenvalue weighted by Gasteiger charge is 2.46. The molecule has 1 heterocycles. The van der Waals surface area contributed by atoms with Crippen molar-refractivity contribution in [2.24, 2.45) is 0 Å². The maximum Gasteiger partial charge on any atom is 0.265 e. The maximum atomic E-state index is 13.4. The summed E-state index contributed by atoms with van der Waals surface area (Å²) in [5.74, 6) is -1.27. The van der Waals surface area contributed by atoms with E-state index in [1.54, 1.807) is 0 Å². The molecule has 0 spiro atoms. The van der Waals surface area contributed by atoms with E-state index in [0.29, 0.717) is 0 Å². The lowest BCUT2D eigenvalue weighted by Gasteiger charge is -2.15. The molecule has 0 fully saturated rings. The molecule has 74 valence electrons. The number of halogens is 2. The number of rotatable bonds is 0. The van der Waals surface area contributed by atoms with E-state index in [9.17, 15) is 13.7 Å². The van der Waals surface area contributed by atoms with Crippen LogP contribution in [0.4, 0.5) is 14.6 Å². The summed E-state index contributed by atoms with van der Waals surface area (Å²) in [5.41, 5.74) is -0.970. The first kappa shape index (κ1) is 9.12. The molecule has 0 aliphatic carbocycles. The summed E-state index contributed by atoms with van der Waals surface area (Å²) in [6.07, 6.45) is 0. The van der Waals surface area contributed by atoms with Crippen LogP contribution in [0.25, 0.3) is 0 Å². The fourth-order valence-electron chi connectivity index (χ4n) is 1.76. The van der Waals surface area contributed by atoms with Gasteiger partial charge in [-0.15, -0.1) is 5.12 Å². The lowest BCUT2D eigenvalue weighted by atomic mass is 9.86. The topological polar surface area (TPSA) is 20.3 Å². The van der Waals surface area contributed by atoms with Gasteiger partial charge in [0.05, 0.1) is 11.1 Å². The number of fused-ring (bicyclic) bond motifs is 1. The van der Waals surface area contributed by atoms with Crippen molar-refractivity contribution in [1.82, 2.24) is 0 Å². The first-order valence-corrected chi connectivity index (χ1v) is 4.25.